The second-order valence-electron chi connectivity index (χ2n) is 5.28. The third-order valence-corrected chi connectivity index (χ3v) is 3.46. The number of ether oxygens (including phenoxy) is 2. The molecule has 1 aliphatic carbocycles. The molecule has 0 unspecified atom stereocenters. The van der Waals surface area contributed by atoms with Crippen LogP contribution in [-0.4, -0.2) is 51.5 Å². The summed E-state index contributed by atoms with van der Waals surface area (Å²) in [4.78, 5) is 2.28. The molecule has 1 fully saturated rings. The first kappa shape index (κ1) is 15.5. The molecule has 0 amide bonds. The first-order chi connectivity index (χ1) is 9.81. The van der Waals surface area contributed by atoms with Gasteiger partial charge in [0, 0.05) is 33.4 Å². The number of rotatable bonds is 11. The zero-order chi connectivity index (χ0) is 14.2. The largest absolute Gasteiger partial charge is 0.463 e. The van der Waals surface area contributed by atoms with Crippen LogP contribution in [0.4, 0.5) is 0 Å². The number of furan rings is 1. The molecule has 1 saturated carbocycles. The molecule has 1 heterocycles. The lowest BCUT2D eigenvalue weighted by molar-refractivity contribution is 0.106. The van der Waals surface area contributed by atoms with Crippen LogP contribution in [0.25, 0.3) is 0 Å². The Morgan fingerprint density at radius 3 is 2.40 bits per heavy atom. The fraction of sp³-hybridized carbons (Fsp3) is 0.733. The van der Waals surface area contributed by atoms with Gasteiger partial charge in [0.25, 0.3) is 0 Å². The third kappa shape index (κ3) is 5.63. The molecule has 0 radical (unpaired) electrons. The molecule has 0 bridgehead atoms. The summed E-state index contributed by atoms with van der Waals surface area (Å²) in [6.45, 7) is 4.85. The highest BCUT2D eigenvalue weighted by atomic mass is 16.5. The molecule has 2 rings (SSSR count). The second kappa shape index (κ2) is 8.42. The van der Waals surface area contributed by atoms with Gasteiger partial charge in [-0.3, -0.25) is 4.90 Å². The Balaban J connectivity index is 1.77. The van der Waals surface area contributed by atoms with Crippen molar-refractivity contribution < 1.29 is 13.9 Å². The van der Waals surface area contributed by atoms with E-state index in [4.69, 9.17) is 13.9 Å². The highest BCUT2D eigenvalue weighted by Crippen LogP contribution is 2.20. The van der Waals surface area contributed by atoms with Crippen LogP contribution < -0.4 is 5.32 Å². The van der Waals surface area contributed by atoms with E-state index in [1.54, 1.807) is 14.2 Å². The molecule has 5 nitrogen and oxygen atoms in total. The maximum Gasteiger partial charge on any atom is 0.118 e. The van der Waals surface area contributed by atoms with Crippen LogP contribution in [0.15, 0.2) is 16.5 Å². The molecule has 1 aromatic rings. The Kier molecular flexibility index (Phi) is 6.53. The molecule has 1 N–H and O–H groups in total. The lowest BCUT2D eigenvalue weighted by Crippen LogP contribution is -2.30. The van der Waals surface area contributed by atoms with Crippen molar-refractivity contribution in [1.29, 1.82) is 0 Å². The minimum absolute atomic E-state index is 0.712. The summed E-state index contributed by atoms with van der Waals surface area (Å²) in [5.74, 6) is 2.02. The fourth-order valence-corrected chi connectivity index (χ4v) is 2.07. The molecule has 20 heavy (non-hydrogen) atoms. The predicted molar refractivity (Wildman–Crippen MR) is 77.6 cm³/mol. The predicted octanol–water partition coefficient (Wildman–Crippen LogP) is 1.63. The molecule has 0 saturated heterocycles. The highest BCUT2D eigenvalue weighted by Gasteiger charge is 2.20. The van der Waals surface area contributed by atoms with Crippen molar-refractivity contribution in [2.45, 2.75) is 32.0 Å². The summed E-state index contributed by atoms with van der Waals surface area (Å²) < 4.78 is 16.2. The monoisotopic (exact) mass is 282 g/mol. The van der Waals surface area contributed by atoms with Crippen LogP contribution >= 0.6 is 0 Å². The zero-order valence-corrected chi connectivity index (χ0v) is 12.6. The number of hydrogen-bond donors (Lipinski definition) is 1. The molecule has 114 valence electrons. The Hall–Kier alpha value is -0.880. The van der Waals surface area contributed by atoms with Gasteiger partial charge in [-0.25, -0.2) is 0 Å². The number of nitrogens with zero attached hydrogens (tertiary/aromatic N) is 1. The average molecular weight is 282 g/mol. The Morgan fingerprint density at radius 2 is 1.80 bits per heavy atom. The van der Waals surface area contributed by atoms with E-state index < -0.39 is 0 Å². The Labute approximate surface area is 121 Å². The summed E-state index contributed by atoms with van der Waals surface area (Å²) in [6, 6.07) is 4.84. The van der Waals surface area contributed by atoms with Crippen LogP contribution in [0.5, 0.6) is 0 Å². The fourth-order valence-electron chi connectivity index (χ4n) is 2.07. The Bertz CT molecular complexity index is 369. The van der Waals surface area contributed by atoms with Gasteiger partial charge < -0.3 is 19.2 Å². The molecule has 0 aromatic carbocycles. The van der Waals surface area contributed by atoms with E-state index in [0.717, 1.165) is 50.9 Å². The van der Waals surface area contributed by atoms with E-state index in [1.807, 2.05) is 0 Å². The van der Waals surface area contributed by atoms with E-state index in [0.29, 0.717) is 6.04 Å². The minimum atomic E-state index is 0.712. The van der Waals surface area contributed by atoms with E-state index in [2.05, 4.69) is 22.3 Å². The quantitative estimate of drug-likeness (QED) is 0.668. The minimum Gasteiger partial charge on any atom is -0.463 e. The lowest BCUT2D eigenvalue weighted by Gasteiger charge is -2.20. The van der Waals surface area contributed by atoms with Crippen LogP contribution in [0.3, 0.4) is 0 Å². The summed E-state index contributed by atoms with van der Waals surface area (Å²) in [5, 5.41) is 3.46. The lowest BCUT2D eigenvalue weighted by atomic mass is 10.3. The zero-order valence-electron chi connectivity index (χ0n) is 12.6. The highest BCUT2D eigenvalue weighted by molar-refractivity contribution is 5.07. The normalized spacial score (nSPS) is 15.2. The molecule has 0 atom stereocenters. The van der Waals surface area contributed by atoms with Crippen molar-refractivity contribution in [3.63, 3.8) is 0 Å². The molecular formula is C15H26N2O3. The van der Waals surface area contributed by atoms with Crippen LogP contribution in [-0.2, 0) is 22.6 Å². The second-order valence-corrected chi connectivity index (χ2v) is 5.28. The van der Waals surface area contributed by atoms with Gasteiger partial charge in [0.15, 0.2) is 0 Å². The van der Waals surface area contributed by atoms with Crippen molar-refractivity contribution in [2.75, 3.05) is 40.5 Å². The molecule has 0 spiro atoms. The van der Waals surface area contributed by atoms with Crippen LogP contribution in [0, 0.1) is 0 Å². The molecule has 1 aromatic heterocycles. The third-order valence-electron chi connectivity index (χ3n) is 3.46. The van der Waals surface area contributed by atoms with Gasteiger partial charge >= 0.3 is 0 Å². The van der Waals surface area contributed by atoms with Gasteiger partial charge in [-0.2, -0.15) is 0 Å². The first-order valence-corrected chi connectivity index (χ1v) is 7.33. The van der Waals surface area contributed by atoms with Gasteiger partial charge in [-0.1, -0.05) is 0 Å². The first-order valence-electron chi connectivity index (χ1n) is 7.33. The van der Waals surface area contributed by atoms with Gasteiger partial charge in [0.1, 0.15) is 11.5 Å². The summed E-state index contributed by atoms with van der Waals surface area (Å²) in [6.07, 6.45) is 2.60. The van der Waals surface area contributed by atoms with Crippen molar-refractivity contribution in [1.82, 2.24) is 10.2 Å². The van der Waals surface area contributed by atoms with Crippen molar-refractivity contribution in [3.8, 4) is 0 Å². The number of hydrogen-bond acceptors (Lipinski definition) is 5. The maximum absolute atomic E-state index is 5.87. The topological polar surface area (TPSA) is 46.9 Å². The standard InChI is InChI=1S/C15H26N2O3/c1-18-9-7-17(8-10-19-2)12-15-6-5-14(20-15)11-16-13-3-4-13/h5-6,13,16H,3-4,7-12H2,1-2H3. The summed E-state index contributed by atoms with van der Waals surface area (Å²) in [7, 11) is 3.45. The van der Waals surface area contributed by atoms with Crippen LogP contribution in [0.2, 0.25) is 0 Å². The van der Waals surface area contributed by atoms with E-state index in [1.165, 1.54) is 12.8 Å². The average Bonchev–Trinajstić information content (AvgIpc) is 3.19. The van der Waals surface area contributed by atoms with Crippen LogP contribution in [0.1, 0.15) is 24.4 Å². The van der Waals surface area contributed by atoms with Gasteiger partial charge in [0.2, 0.25) is 0 Å². The van der Waals surface area contributed by atoms with Crippen molar-refractivity contribution in [2.24, 2.45) is 0 Å². The van der Waals surface area contributed by atoms with Gasteiger partial charge in [-0.05, 0) is 25.0 Å². The van der Waals surface area contributed by atoms with Gasteiger partial charge in [0.05, 0.1) is 26.3 Å². The van der Waals surface area contributed by atoms with Crippen molar-refractivity contribution >= 4 is 0 Å². The molecular weight excluding hydrogens is 256 g/mol. The van der Waals surface area contributed by atoms with E-state index in [9.17, 15) is 0 Å². The smallest absolute Gasteiger partial charge is 0.118 e. The maximum atomic E-state index is 5.87. The van der Waals surface area contributed by atoms with Crippen molar-refractivity contribution in [3.05, 3.63) is 23.7 Å². The molecule has 1 aliphatic rings. The number of methoxy groups -OCH3 is 2. The number of nitrogens with one attached hydrogen (secondary N) is 1. The molecule has 0 aliphatic heterocycles. The summed E-state index contributed by atoms with van der Waals surface area (Å²) >= 11 is 0. The summed E-state index contributed by atoms with van der Waals surface area (Å²) in [5.41, 5.74) is 0. The van der Waals surface area contributed by atoms with Gasteiger partial charge in [-0.15, -0.1) is 0 Å². The Morgan fingerprint density at radius 1 is 1.15 bits per heavy atom. The molecule has 5 heteroatoms. The van der Waals surface area contributed by atoms with E-state index in [-0.39, 0.29) is 0 Å². The van der Waals surface area contributed by atoms with E-state index >= 15 is 0 Å². The SMILES string of the molecule is COCCN(CCOC)Cc1ccc(CNC2CC2)o1.